The van der Waals surface area contributed by atoms with Crippen molar-refractivity contribution < 1.29 is 9.90 Å². The molecule has 1 aliphatic carbocycles. The fourth-order valence-corrected chi connectivity index (χ4v) is 2.39. The average molecular weight is 226 g/mol. The Morgan fingerprint density at radius 2 is 2.19 bits per heavy atom. The van der Waals surface area contributed by atoms with Gasteiger partial charge in [-0.15, -0.1) is 0 Å². The molecule has 0 bridgehead atoms. The number of hydrogen-bond acceptors (Lipinski definition) is 2. The Hall–Kier alpha value is -0.770. The molecule has 1 heterocycles. The molecule has 0 spiro atoms. The van der Waals surface area contributed by atoms with Crippen molar-refractivity contribution in [2.75, 3.05) is 6.54 Å². The van der Waals surface area contributed by atoms with Gasteiger partial charge in [0.05, 0.1) is 6.10 Å². The summed E-state index contributed by atoms with van der Waals surface area (Å²) in [6.45, 7) is 2.64. The number of carbonyl (C=O) groups excluding carboxylic acids is 1. The SMILES string of the molecule is CC(O)CC1CCCCN1C(=O)NC1CC1. The second-order valence-electron chi connectivity index (χ2n) is 5.15. The lowest BCUT2D eigenvalue weighted by molar-refractivity contribution is 0.102. The first kappa shape index (κ1) is 11.7. The molecule has 0 aromatic heterocycles. The normalized spacial score (nSPS) is 27.6. The molecule has 0 radical (unpaired) electrons. The zero-order valence-electron chi connectivity index (χ0n) is 9.98. The third-order valence-corrected chi connectivity index (χ3v) is 3.41. The van der Waals surface area contributed by atoms with Gasteiger partial charge in [-0.1, -0.05) is 0 Å². The molecule has 4 nitrogen and oxygen atoms in total. The quantitative estimate of drug-likeness (QED) is 0.766. The number of likely N-dealkylation sites (tertiary alicyclic amines) is 1. The Morgan fingerprint density at radius 3 is 2.81 bits per heavy atom. The standard InChI is InChI=1S/C12H22N2O2/c1-9(15)8-11-4-2-3-7-14(11)12(16)13-10-5-6-10/h9-11,15H,2-8H2,1H3,(H,13,16). The Morgan fingerprint density at radius 1 is 1.44 bits per heavy atom. The van der Waals surface area contributed by atoms with Crippen LogP contribution in [0.2, 0.25) is 0 Å². The van der Waals surface area contributed by atoms with Crippen molar-refractivity contribution in [2.24, 2.45) is 0 Å². The van der Waals surface area contributed by atoms with E-state index in [-0.39, 0.29) is 18.2 Å². The van der Waals surface area contributed by atoms with E-state index in [1.807, 2.05) is 4.90 Å². The van der Waals surface area contributed by atoms with Crippen LogP contribution in [0.3, 0.4) is 0 Å². The summed E-state index contributed by atoms with van der Waals surface area (Å²) in [6, 6.07) is 0.724. The fraction of sp³-hybridized carbons (Fsp3) is 0.917. The van der Waals surface area contributed by atoms with Crippen molar-refractivity contribution in [3.63, 3.8) is 0 Å². The number of piperidine rings is 1. The van der Waals surface area contributed by atoms with Gasteiger partial charge in [0.25, 0.3) is 0 Å². The minimum atomic E-state index is -0.320. The molecular formula is C12H22N2O2. The van der Waals surface area contributed by atoms with E-state index < -0.39 is 0 Å². The van der Waals surface area contributed by atoms with Crippen LogP contribution in [0.15, 0.2) is 0 Å². The Labute approximate surface area is 97.0 Å². The maximum atomic E-state index is 12.0. The number of urea groups is 1. The molecule has 1 saturated heterocycles. The van der Waals surface area contributed by atoms with Gasteiger partial charge >= 0.3 is 6.03 Å². The van der Waals surface area contributed by atoms with Gasteiger partial charge in [0, 0.05) is 18.6 Å². The molecule has 4 heteroatoms. The highest BCUT2D eigenvalue weighted by atomic mass is 16.3. The van der Waals surface area contributed by atoms with Crippen molar-refractivity contribution in [1.29, 1.82) is 0 Å². The number of aliphatic hydroxyl groups excluding tert-OH is 1. The lowest BCUT2D eigenvalue weighted by Crippen LogP contribution is -2.50. The minimum Gasteiger partial charge on any atom is -0.393 e. The lowest BCUT2D eigenvalue weighted by Gasteiger charge is -2.36. The average Bonchev–Trinajstić information content (AvgIpc) is 3.01. The van der Waals surface area contributed by atoms with Gasteiger partial charge in [0.15, 0.2) is 0 Å². The second-order valence-corrected chi connectivity index (χ2v) is 5.15. The zero-order valence-corrected chi connectivity index (χ0v) is 9.98. The van der Waals surface area contributed by atoms with Crippen LogP contribution in [0.1, 0.15) is 45.4 Å². The second kappa shape index (κ2) is 5.04. The van der Waals surface area contributed by atoms with Crippen molar-refractivity contribution in [3.05, 3.63) is 0 Å². The molecule has 1 aliphatic heterocycles. The fourth-order valence-electron chi connectivity index (χ4n) is 2.39. The lowest BCUT2D eigenvalue weighted by atomic mass is 9.98. The van der Waals surface area contributed by atoms with E-state index in [4.69, 9.17) is 0 Å². The molecule has 2 unspecified atom stereocenters. The van der Waals surface area contributed by atoms with E-state index in [0.29, 0.717) is 12.5 Å². The third kappa shape index (κ3) is 3.11. The first-order chi connectivity index (χ1) is 7.66. The number of amides is 2. The molecule has 2 aliphatic rings. The van der Waals surface area contributed by atoms with E-state index in [1.165, 1.54) is 6.42 Å². The van der Waals surface area contributed by atoms with Gasteiger partial charge in [0.1, 0.15) is 0 Å². The first-order valence-electron chi connectivity index (χ1n) is 6.42. The predicted molar refractivity (Wildman–Crippen MR) is 62.2 cm³/mol. The van der Waals surface area contributed by atoms with Crippen LogP contribution in [0.25, 0.3) is 0 Å². The molecule has 16 heavy (non-hydrogen) atoms. The molecular weight excluding hydrogens is 204 g/mol. The molecule has 2 fully saturated rings. The predicted octanol–water partition coefficient (Wildman–Crippen LogP) is 1.48. The summed E-state index contributed by atoms with van der Waals surface area (Å²) in [6.07, 6.45) is 5.93. The van der Waals surface area contributed by atoms with Crippen LogP contribution < -0.4 is 5.32 Å². The van der Waals surface area contributed by atoms with Crippen molar-refractivity contribution in [2.45, 2.75) is 63.6 Å². The third-order valence-electron chi connectivity index (χ3n) is 3.41. The van der Waals surface area contributed by atoms with E-state index in [2.05, 4.69) is 5.32 Å². The van der Waals surface area contributed by atoms with Gasteiger partial charge in [0.2, 0.25) is 0 Å². The van der Waals surface area contributed by atoms with Crippen molar-refractivity contribution >= 4 is 6.03 Å². The maximum Gasteiger partial charge on any atom is 0.317 e. The number of aliphatic hydroxyl groups is 1. The number of nitrogens with one attached hydrogen (secondary N) is 1. The number of nitrogens with zero attached hydrogens (tertiary/aromatic N) is 1. The highest BCUT2D eigenvalue weighted by molar-refractivity contribution is 5.75. The smallest absolute Gasteiger partial charge is 0.317 e. The van der Waals surface area contributed by atoms with Crippen molar-refractivity contribution in [1.82, 2.24) is 10.2 Å². The highest BCUT2D eigenvalue weighted by Gasteiger charge is 2.31. The van der Waals surface area contributed by atoms with Crippen LogP contribution in [0.5, 0.6) is 0 Å². The topological polar surface area (TPSA) is 52.6 Å². The molecule has 2 atom stereocenters. The van der Waals surface area contributed by atoms with Crippen LogP contribution in [-0.4, -0.2) is 40.8 Å². The summed E-state index contributed by atoms with van der Waals surface area (Å²) in [7, 11) is 0. The Balaban J connectivity index is 1.89. The van der Waals surface area contributed by atoms with Gasteiger partial charge in [-0.2, -0.15) is 0 Å². The van der Waals surface area contributed by atoms with Crippen LogP contribution >= 0.6 is 0 Å². The van der Waals surface area contributed by atoms with Crippen molar-refractivity contribution in [3.8, 4) is 0 Å². The minimum absolute atomic E-state index is 0.0767. The summed E-state index contributed by atoms with van der Waals surface area (Å²) in [4.78, 5) is 13.9. The van der Waals surface area contributed by atoms with Crippen LogP contribution in [-0.2, 0) is 0 Å². The largest absolute Gasteiger partial charge is 0.393 e. The molecule has 2 rings (SSSR count). The Bertz CT molecular complexity index is 251. The molecule has 0 aromatic carbocycles. The zero-order chi connectivity index (χ0) is 11.5. The molecule has 0 aromatic rings. The van der Waals surface area contributed by atoms with Gasteiger partial charge in [-0.3, -0.25) is 0 Å². The maximum absolute atomic E-state index is 12.0. The van der Waals surface area contributed by atoms with Crippen LogP contribution in [0, 0.1) is 0 Å². The van der Waals surface area contributed by atoms with E-state index in [0.717, 1.165) is 32.2 Å². The number of carbonyl (C=O) groups is 1. The molecule has 2 N–H and O–H groups in total. The van der Waals surface area contributed by atoms with E-state index in [1.54, 1.807) is 6.92 Å². The summed E-state index contributed by atoms with van der Waals surface area (Å²) in [5, 5.41) is 12.5. The number of rotatable bonds is 3. The van der Waals surface area contributed by atoms with Crippen LogP contribution in [0.4, 0.5) is 4.79 Å². The van der Waals surface area contributed by atoms with Gasteiger partial charge < -0.3 is 15.3 Å². The summed E-state index contributed by atoms with van der Waals surface area (Å²) >= 11 is 0. The molecule has 92 valence electrons. The Kier molecular flexibility index (Phi) is 3.69. The summed E-state index contributed by atoms with van der Waals surface area (Å²) < 4.78 is 0. The van der Waals surface area contributed by atoms with E-state index >= 15 is 0 Å². The summed E-state index contributed by atoms with van der Waals surface area (Å²) in [5.41, 5.74) is 0. The first-order valence-corrected chi connectivity index (χ1v) is 6.42. The monoisotopic (exact) mass is 226 g/mol. The highest BCUT2D eigenvalue weighted by Crippen LogP contribution is 2.23. The summed E-state index contributed by atoms with van der Waals surface area (Å²) in [5.74, 6) is 0. The van der Waals surface area contributed by atoms with Gasteiger partial charge in [-0.25, -0.2) is 4.79 Å². The number of hydrogen-bond donors (Lipinski definition) is 2. The molecule has 2 amide bonds. The van der Waals surface area contributed by atoms with E-state index in [9.17, 15) is 9.90 Å². The molecule has 1 saturated carbocycles. The van der Waals surface area contributed by atoms with Gasteiger partial charge in [-0.05, 0) is 45.4 Å².